The van der Waals surface area contributed by atoms with Crippen molar-refractivity contribution in [1.82, 2.24) is 16.1 Å². The average Bonchev–Trinajstić information content (AvgIpc) is 2.60. The van der Waals surface area contributed by atoms with Crippen LogP contribution >= 0.6 is 0 Å². The summed E-state index contributed by atoms with van der Waals surface area (Å²) in [4.78, 5) is 33.6. The van der Waals surface area contributed by atoms with Gasteiger partial charge in [0, 0.05) is 0 Å². The Balaban J connectivity index is 2.68. The van der Waals surface area contributed by atoms with Gasteiger partial charge in [0.25, 0.3) is 5.91 Å². The number of amides is 5. The summed E-state index contributed by atoms with van der Waals surface area (Å²) < 4.78 is 0. The van der Waals surface area contributed by atoms with E-state index in [1.165, 1.54) is 6.21 Å². The van der Waals surface area contributed by atoms with Gasteiger partial charge in [0.2, 0.25) is 0 Å². The number of nitrogens with one attached hydrogen (secondary N) is 3. The van der Waals surface area contributed by atoms with Gasteiger partial charge in [-0.05, 0) is 6.42 Å². The molecule has 19 heavy (non-hydrogen) atoms. The highest BCUT2D eigenvalue weighted by molar-refractivity contribution is 6.16. The summed E-state index contributed by atoms with van der Waals surface area (Å²) in [5.41, 5.74) is 5.68. The Kier molecular flexibility index (Phi) is 5.28. The summed E-state index contributed by atoms with van der Waals surface area (Å²) in [6.45, 7) is 2.08. The van der Waals surface area contributed by atoms with Crippen molar-refractivity contribution in [1.29, 1.82) is 0 Å². The molecular formula is C11H19N5O3. The zero-order chi connectivity index (χ0) is 14.3. The number of hydrogen-bond donors (Lipinski definition) is 4. The Morgan fingerprint density at radius 2 is 2.16 bits per heavy atom. The second-order valence-corrected chi connectivity index (χ2v) is 4.42. The summed E-state index contributed by atoms with van der Waals surface area (Å²) >= 11 is 0. The number of hydrogen-bond acceptors (Lipinski definition) is 4. The summed E-state index contributed by atoms with van der Waals surface area (Å²) in [7, 11) is 0. The highest BCUT2D eigenvalue weighted by Crippen LogP contribution is 2.18. The van der Waals surface area contributed by atoms with E-state index < -0.39 is 23.5 Å². The van der Waals surface area contributed by atoms with Gasteiger partial charge in [0.15, 0.2) is 5.54 Å². The topological polar surface area (TPSA) is 126 Å². The molecule has 0 aromatic heterocycles. The first kappa shape index (κ1) is 14.9. The van der Waals surface area contributed by atoms with E-state index in [1.807, 2.05) is 5.43 Å². The van der Waals surface area contributed by atoms with Crippen molar-refractivity contribution in [2.24, 2.45) is 10.8 Å². The number of carbonyl (C=O) groups excluding carboxylic acids is 3. The maximum absolute atomic E-state index is 11.8. The lowest BCUT2D eigenvalue weighted by atomic mass is 9.93. The van der Waals surface area contributed by atoms with Gasteiger partial charge in [0.05, 0.1) is 6.21 Å². The largest absolute Gasteiger partial charge is 0.350 e. The minimum absolute atomic E-state index is 0.425. The fourth-order valence-electron chi connectivity index (χ4n) is 1.87. The third-order valence-corrected chi connectivity index (χ3v) is 2.85. The zero-order valence-corrected chi connectivity index (χ0v) is 10.9. The number of carbonyl (C=O) groups is 3. The summed E-state index contributed by atoms with van der Waals surface area (Å²) in [5, 5.41) is 8.27. The molecule has 0 saturated carbocycles. The second kappa shape index (κ2) is 6.72. The molecule has 1 aliphatic heterocycles. The lowest BCUT2D eigenvalue weighted by Gasteiger charge is -2.20. The average molecular weight is 269 g/mol. The van der Waals surface area contributed by atoms with E-state index in [1.54, 1.807) is 0 Å². The molecule has 0 unspecified atom stereocenters. The molecule has 0 aliphatic carbocycles. The van der Waals surface area contributed by atoms with Crippen LogP contribution in [-0.4, -0.2) is 29.7 Å². The Morgan fingerprint density at radius 1 is 1.42 bits per heavy atom. The first-order valence-corrected chi connectivity index (χ1v) is 6.23. The Bertz CT molecular complexity index is 396. The number of rotatable bonds is 7. The minimum Gasteiger partial charge on any atom is -0.350 e. The van der Waals surface area contributed by atoms with Gasteiger partial charge in [-0.25, -0.2) is 15.0 Å². The lowest BCUT2D eigenvalue weighted by molar-refractivity contribution is -0.121. The smallest absolute Gasteiger partial charge is 0.332 e. The third kappa shape index (κ3) is 4.23. The standard InChI is InChI=1S/C11H19N5O3/c1-2-3-4-5-6-11(7-13-16-9(12)18)8(17)14-10(19)15-11/h7H,2-6H2,1H3,(H3,12,16,18)(H2,14,15,17,19)/b13-7-/t11-/m1/s1. The number of urea groups is 2. The number of unbranched alkanes of at least 4 members (excludes halogenated alkanes) is 3. The van der Waals surface area contributed by atoms with Crippen molar-refractivity contribution in [2.45, 2.75) is 44.6 Å². The Labute approximate surface area is 111 Å². The van der Waals surface area contributed by atoms with Crippen LogP contribution in [0.15, 0.2) is 5.10 Å². The van der Waals surface area contributed by atoms with Crippen LogP contribution in [-0.2, 0) is 4.79 Å². The third-order valence-electron chi connectivity index (χ3n) is 2.85. The molecule has 1 saturated heterocycles. The van der Waals surface area contributed by atoms with Crippen molar-refractivity contribution in [3.05, 3.63) is 0 Å². The van der Waals surface area contributed by atoms with Crippen LogP contribution in [0.5, 0.6) is 0 Å². The van der Waals surface area contributed by atoms with Crippen LogP contribution in [0.3, 0.4) is 0 Å². The summed E-state index contributed by atoms with van der Waals surface area (Å²) in [5.74, 6) is -0.469. The summed E-state index contributed by atoms with van der Waals surface area (Å²) in [6, 6.07) is -1.40. The van der Waals surface area contributed by atoms with Crippen LogP contribution in [0.25, 0.3) is 0 Å². The highest BCUT2D eigenvalue weighted by atomic mass is 16.2. The lowest BCUT2D eigenvalue weighted by Crippen LogP contribution is -2.49. The quantitative estimate of drug-likeness (QED) is 0.228. The zero-order valence-electron chi connectivity index (χ0n) is 10.9. The SMILES string of the molecule is CCCCCC[C@]1(/C=N\NC(N)=O)NC(=O)NC1=O. The molecule has 0 spiro atoms. The van der Waals surface area contributed by atoms with E-state index in [9.17, 15) is 14.4 Å². The number of primary amides is 1. The number of imide groups is 1. The number of nitrogens with two attached hydrogens (primary N) is 1. The summed E-state index contributed by atoms with van der Waals surface area (Å²) in [6.07, 6.45) is 5.49. The van der Waals surface area contributed by atoms with E-state index in [4.69, 9.17) is 5.73 Å². The molecule has 8 heteroatoms. The molecule has 0 radical (unpaired) electrons. The normalized spacial score (nSPS) is 22.4. The van der Waals surface area contributed by atoms with Gasteiger partial charge in [-0.2, -0.15) is 5.10 Å². The molecular weight excluding hydrogens is 250 g/mol. The molecule has 1 atom stereocenters. The van der Waals surface area contributed by atoms with Crippen LogP contribution in [0.2, 0.25) is 0 Å². The van der Waals surface area contributed by atoms with Crippen molar-refractivity contribution in [2.75, 3.05) is 0 Å². The van der Waals surface area contributed by atoms with Gasteiger partial charge in [-0.15, -0.1) is 0 Å². The molecule has 1 fully saturated rings. The molecule has 5 amide bonds. The number of nitrogens with zero attached hydrogens (tertiary/aromatic N) is 1. The molecule has 106 valence electrons. The molecule has 8 nitrogen and oxygen atoms in total. The Morgan fingerprint density at radius 3 is 2.68 bits per heavy atom. The van der Waals surface area contributed by atoms with E-state index in [0.717, 1.165) is 25.7 Å². The van der Waals surface area contributed by atoms with Gasteiger partial charge in [-0.1, -0.05) is 32.6 Å². The molecule has 1 aliphatic rings. The first-order chi connectivity index (χ1) is 9.00. The van der Waals surface area contributed by atoms with Gasteiger partial charge in [-0.3, -0.25) is 10.1 Å². The van der Waals surface area contributed by atoms with Crippen molar-refractivity contribution < 1.29 is 14.4 Å². The van der Waals surface area contributed by atoms with E-state index in [0.29, 0.717) is 6.42 Å². The molecule has 1 rings (SSSR count). The fourth-order valence-corrected chi connectivity index (χ4v) is 1.87. The van der Waals surface area contributed by atoms with E-state index in [2.05, 4.69) is 22.7 Å². The van der Waals surface area contributed by atoms with Crippen LogP contribution in [0.4, 0.5) is 9.59 Å². The predicted molar refractivity (Wildman–Crippen MR) is 69.4 cm³/mol. The van der Waals surface area contributed by atoms with Gasteiger partial charge < -0.3 is 11.1 Å². The van der Waals surface area contributed by atoms with Crippen LogP contribution < -0.4 is 21.8 Å². The molecule has 0 bridgehead atoms. The maximum atomic E-state index is 11.8. The monoisotopic (exact) mass is 269 g/mol. The molecule has 0 aromatic carbocycles. The second-order valence-electron chi connectivity index (χ2n) is 4.42. The molecule has 0 aromatic rings. The first-order valence-electron chi connectivity index (χ1n) is 6.23. The molecule has 5 N–H and O–H groups in total. The predicted octanol–water partition coefficient (Wildman–Crippen LogP) is 0.189. The minimum atomic E-state index is -1.20. The van der Waals surface area contributed by atoms with Crippen molar-refractivity contribution in [3.63, 3.8) is 0 Å². The Hall–Kier alpha value is -2.12. The van der Waals surface area contributed by atoms with Crippen LogP contribution in [0.1, 0.15) is 39.0 Å². The van der Waals surface area contributed by atoms with Gasteiger partial charge >= 0.3 is 12.1 Å². The van der Waals surface area contributed by atoms with Crippen molar-refractivity contribution >= 4 is 24.2 Å². The van der Waals surface area contributed by atoms with E-state index in [-0.39, 0.29) is 0 Å². The maximum Gasteiger partial charge on any atom is 0.332 e. The van der Waals surface area contributed by atoms with Gasteiger partial charge in [0.1, 0.15) is 0 Å². The fraction of sp³-hybridized carbons (Fsp3) is 0.636. The number of hydrazone groups is 1. The highest BCUT2D eigenvalue weighted by Gasteiger charge is 2.44. The van der Waals surface area contributed by atoms with Crippen LogP contribution in [0, 0.1) is 0 Å². The van der Waals surface area contributed by atoms with Crippen molar-refractivity contribution in [3.8, 4) is 0 Å². The van der Waals surface area contributed by atoms with E-state index >= 15 is 0 Å². The molecule has 1 heterocycles.